The minimum Gasteiger partial charge on any atom is -0.481 e. The molecule has 0 fully saturated rings. The lowest BCUT2D eigenvalue weighted by atomic mass is 9.97. The third-order valence-corrected chi connectivity index (χ3v) is 4.45. The maximum absolute atomic E-state index is 12.8. The van der Waals surface area contributed by atoms with Crippen molar-refractivity contribution in [3.63, 3.8) is 0 Å². The molecule has 7 nitrogen and oxygen atoms in total. The molecule has 3 aromatic carbocycles. The Labute approximate surface area is 174 Å². The van der Waals surface area contributed by atoms with Crippen LogP contribution in [-0.2, 0) is 4.79 Å². The number of carbonyl (C=O) groups excluding carboxylic acids is 1. The molecule has 0 aliphatic heterocycles. The van der Waals surface area contributed by atoms with Gasteiger partial charge in [-0.2, -0.15) is 0 Å². The number of nitrogens with one attached hydrogen (secondary N) is 1. The van der Waals surface area contributed by atoms with E-state index in [1.165, 1.54) is 6.07 Å². The second-order valence-electron chi connectivity index (χ2n) is 6.70. The van der Waals surface area contributed by atoms with Crippen LogP contribution in [0.1, 0.15) is 28.4 Å². The van der Waals surface area contributed by atoms with Crippen LogP contribution >= 0.6 is 0 Å². The molecule has 1 amide bonds. The SMILES string of the molecule is NC(N)=Nc1cccc(C(=O)NC(CC(=O)O)c2cccc(-c3ccccc3)c2)c1. The Morgan fingerprint density at radius 1 is 0.900 bits per heavy atom. The maximum atomic E-state index is 12.8. The van der Waals surface area contributed by atoms with E-state index in [-0.39, 0.29) is 12.4 Å². The first-order valence-electron chi connectivity index (χ1n) is 9.30. The van der Waals surface area contributed by atoms with Gasteiger partial charge in [0, 0.05) is 5.56 Å². The molecule has 0 bridgehead atoms. The minimum absolute atomic E-state index is 0.117. The standard InChI is InChI=1S/C23H22N4O3/c24-23(25)26-19-11-5-10-18(13-19)22(30)27-20(14-21(28)29)17-9-4-8-16(12-17)15-6-2-1-3-7-15/h1-13,20H,14H2,(H,27,30)(H,28,29)(H4,24,25,26). The lowest BCUT2D eigenvalue weighted by molar-refractivity contribution is -0.137. The van der Waals surface area contributed by atoms with Crippen molar-refractivity contribution in [3.8, 4) is 11.1 Å². The Morgan fingerprint density at radius 3 is 2.30 bits per heavy atom. The van der Waals surface area contributed by atoms with Crippen molar-refractivity contribution in [2.24, 2.45) is 16.5 Å². The number of rotatable bonds is 7. The summed E-state index contributed by atoms with van der Waals surface area (Å²) in [7, 11) is 0. The number of benzene rings is 3. The van der Waals surface area contributed by atoms with Gasteiger partial charge in [0.05, 0.1) is 18.2 Å². The maximum Gasteiger partial charge on any atom is 0.305 e. The van der Waals surface area contributed by atoms with Gasteiger partial charge in [-0.05, 0) is 41.0 Å². The average molecular weight is 402 g/mol. The van der Waals surface area contributed by atoms with Gasteiger partial charge in [0.25, 0.3) is 5.91 Å². The largest absolute Gasteiger partial charge is 0.481 e. The van der Waals surface area contributed by atoms with Gasteiger partial charge in [-0.1, -0.05) is 54.6 Å². The fourth-order valence-electron chi connectivity index (χ4n) is 3.10. The van der Waals surface area contributed by atoms with Gasteiger partial charge < -0.3 is 21.9 Å². The highest BCUT2D eigenvalue weighted by Crippen LogP contribution is 2.25. The summed E-state index contributed by atoms with van der Waals surface area (Å²) in [6, 6.07) is 23.0. The van der Waals surface area contributed by atoms with Crippen LogP contribution < -0.4 is 16.8 Å². The molecule has 0 heterocycles. The normalized spacial score (nSPS) is 11.3. The van der Waals surface area contributed by atoms with E-state index in [2.05, 4.69) is 10.3 Å². The molecule has 7 heteroatoms. The van der Waals surface area contributed by atoms with Gasteiger partial charge >= 0.3 is 5.97 Å². The Kier molecular flexibility index (Phi) is 6.44. The lowest BCUT2D eigenvalue weighted by Crippen LogP contribution is -2.30. The van der Waals surface area contributed by atoms with Gasteiger partial charge in [0.2, 0.25) is 0 Å². The van der Waals surface area contributed by atoms with Crippen molar-refractivity contribution in [1.82, 2.24) is 5.32 Å². The molecule has 1 unspecified atom stereocenters. The molecule has 0 aliphatic carbocycles. The van der Waals surface area contributed by atoms with E-state index >= 15 is 0 Å². The van der Waals surface area contributed by atoms with Crippen LogP contribution in [-0.4, -0.2) is 22.9 Å². The Bertz CT molecular complexity index is 1080. The molecule has 0 saturated heterocycles. The highest BCUT2D eigenvalue weighted by molar-refractivity contribution is 5.95. The minimum atomic E-state index is -1.01. The van der Waals surface area contributed by atoms with E-state index in [1.807, 2.05) is 48.5 Å². The van der Waals surface area contributed by atoms with E-state index in [0.29, 0.717) is 16.8 Å². The van der Waals surface area contributed by atoms with Gasteiger partial charge in [0.1, 0.15) is 0 Å². The fourth-order valence-corrected chi connectivity index (χ4v) is 3.10. The molecule has 30 heavy (non-hydrogen) atoms. The number of carboxylic acids is 1. The van der Waals surface area contributed by atoms with Crippen molar-refractivity contribution < 1.29 is 14.7 Å². The topological polar surface area (TPSA) is 131 Å². The smallest absolute Gasteiger partial charge is 0.305 e. The Balaban J connectivity index is 1.88. The van der Waals surface area contributed by atoms with E-state index in [1.54, 1.807) is 24.3 Å². The van der Waals surface area contributed by atoms with Crippen molar-refractivity contribution in [3.05, 3.63) is 90.0 Å². The molecule has 6 N–H and O–H groups in total. The van der Waals surface area contributed by atoms with Gasteiger partial charge in [-0.15, -0.1) is 0 Å². The van der Waals surface area contributed by atoms with Gasteiger partial charge in [-0.25, -0.2) is 4.99 Å². The van der Waals surface area contributed by atoms with E-state index in [4.69, 9.17) is 11.5 Å². The highest BCUT2D eigenvalue weighted by atomic mass is 16.4. The number of amides is 1. The summed E-state index contributed by atoms with van der Waals surface area (Å²) >= 11 is 0. The number of hydrogen-bond acceptors (Lipinski definition) is 3. The van der Waals surface area contributed by atoms with Crippen LogP contribution in [0.4, 0.5) is 5.69 Å². The number of aliphatic imine (C=N–C) groups is 1. The summed E-state index contributed by atoms with van der Waals surface area (Å²) < 4.78 is 0. The molecule has 152 valence electrons. The van der Waals surface area contributed by atoms with E-state index < -0.39 is 17.9 Å². The molecule has 0 aliphatic rings. The quantitative estimate of drug-likeness (QED) is 0.356. The van der Waals surface area contributed by atoms with E-state index in [0.717, 1.165) is 11.1 Å². The summed E-state index contributed by atoms with van der Waals surface area (Å²) in [4.78, 5) is 28.2. The summed E-state index contributed by atoms with van der Waals surface area (Å²) in [5.41, 5.74) is 14.2. The Morgan fingerprint density at radius 2 is 1.60 bits per heavy atom. The van der Waals surface area contributed by atoms with Crippen LogP contribution in [0, 0.1) is 0 Å². The fraction of sp³-hybridized carbons (Fsp3) is 0.0870. The number of aliphatic carboxylic acids is 1. The molecule has 0 aromatic heterocycles. The number of guanidine groups is 1. The van der Waals surface area contributed by atoms with Crippen molar-refractivity contribution in [2.75, 3.05) is 0 Å². The number of nitrogens with two attached hydrogens (primary N) is 2. The molecule has 0 radical (unpaired) electrons. The zero-order chi connectivity index (χ0) is 21.5. The first-order chi connectivity index (χ1) is 14.4. The number of hydrogen-bond donors (Lipinski definition) is 4. The molecule has 3 rings (SSSR count). The first-order valence-corrected chi connectivity index (χ1v) is 9.30. The average Bonchev–Trinajstić information content (AvgIpc) is 2.73. The number of carboxylic acid groups (broad SMARTS) is 1. The van der Waals surface area contributed by atoms with Crippen LogP contribution in [0.25, 0.3) is 11.1 Å². The molecule has 1 atom stereocenters. The highest BCUT2D eigenvalue weighted by Gasteiger charge is 2.19. The summed E-state index contributed by atoms with van der Waals surface area (Å²) in [6.07, 6.45) is -0.252. The molecule has 0 spiro atoms. The van der Waals surface area contributed by atoms with Crippen LogP contribution in [0.15, 0.2) is 83.9 Å². The monoisotopic (exact) mass is 402 g/mol. The van der Waals surface area contributed by atoms with Crippen molar-refractivity contribution in [1.29, 1.82) is 0 Å². The molecule has 0 saturated carbocycles. The molecular formula is C23H22N4O3. The van der Waals surface area contributed by atoms with Crippen LogP contribution in [0.5, 0.6) is 0 Å². The molecular weight excluding hydrogens is 380 g/mol. The van der Waals surface area contributed by atoms with Gasteiger partial charge in [0.15, 0.2) is 5.96 Å². The predicted molar refractivity (Wildman–Crippen MR) is 116 cm³/mol. The first kappa shape index (κ1) is 20.6. The summed E-state index contributed by atoms with van der Waals surface area (Å²) in [6.45, 7) is 0. The zero-order valence-electron chi connectivity index (χ0n) is 16.2. The third-order valence-electron chi connectivity index (χ3n) is 4.45. The second kappa shape index (κ2) is 9.38. The number of carbonyl (C=O) groups is 2. The summed E-state index contributed by atoms with van der Waals surface area (Å²) in [5.74, 6) is -1.55. The van der Waals surface area contributed by atoms with Crippen molar-refractivity contribution in [2.45, 2.75) is 12.5 Å². The van der Waals surface area contributed by atoms with E-state index in [9.17, 15) is 14.7 Å². The Hall–Kier alpha value is -4.13. The second-order valence-corrected chi connectivity index (χ2v) is 6.70. The molecule has 3 aromatic rings. The van der Waals surface area contributed by atoms with Gasteiger partial charge in [-0.3, -0.25) is 9.59 Å². The number of nitrogens with zero attached hydrogens (tertiary/aromatic N) is 1. The van der Waals surface area contributed by atoms with Crippen LogP contribution in [0.2, 0.25) is 0 Å². The third kappa shape index (κ3) is 5.45. The predicted octanol–water partition coefficient (Wildman–Crippen LogP) is 3.20. The van der Waals surface area contributed by atoms with Crippen LogP contribution in [0.3, 0.4) is 0 Å². The van der Waals surface area contributed by atoms with Crippen molar-refractivity contribution >= 4 is 23.5 Å². The lowest BCUT2D eigenvalue weighted by Gasteiger charge is -2.18. The summed E-state index contributed by atoms with van der Waals surface area (Å²) in [5, 5.41) is 12.2. The zero-order valence-corrected chi connectivity index (χ0v) is 16.2.